The van der Waals surface area contributed by atoms with E-state index in [9.17, 15) is 14.0 Å². The number of aromatic nitrogens is 2. The van der Waals surface area contributed by atoms with Crippen molar-refractivity contribution in [1.82, 2.24) is 15.1 Å². The van der Waals surface area contributed by atoms with Crippen molar-refractivity contribution in [2.45, 2.75) is 19.4 Å². The molecule has 7 heteroatoms. The summed E-state index contributed by atoms with van der Waals surface area (Å²) in [6.07, 6.45) is 0.970. The number of anilines is 1. The number of nitrogens with one attached hydrogen (secondary N) is 2. The van der Waals surface area contributed by atoms with Gasteiger partial charge in [-0.2, -0.15) is 5.10 Å². The molecule has 2 amide bonds. The first kappa shape index (κ1) is 17.9. The summed E-state index contributed by atoms with van der Waals surface area (Å²) in [5, 5.41) is 9.82. The molecule has 4 rings (SSSR count). The minimum Gasteiger partial charge on any atom is -0.337 e. The highest BCUT2D eigenvalue weighted by molar-refractivity contribution is 6.04. The smallest absolute Gasteiger partial charge is 0.256 e. The molecule has 0 aliphatic carbocycles. The van der Waals surface area contributed by atoms with Crippen molar-refractivity contribution in [2.24, 2.45) is 0 Å². The second-order valence-corrected chi connectivity index (χ2v) is 6.72. The molecule has 0 spiro atoms. The van der Waals surface area contributed by atoms with Crippen molar-refractivity contribution in [3.05, 3.63) is 82.8 Å². The van der Waals surface area contributed by atoms with Crippen LogP contribution in [0.4, 0.5) is 10.2 Å². The van der Waals surface area contributed by atoms with Gasteiger partial charge in [0.2, 0.25) is 5.91 Å². The predicted molar refractivity (Wildman–Crippen MR) is 102 cm³/mol. The third-order valence-electron chi connectivity index (χ3n) is 4.80. The lowest BCUT2D eigenvalue weighted by atomic mass is 10.1. The number of benzene rings is 2. The first-order chi connectivity index (χ1) is 13.6. The van der Waals surface area contributed by atoms with Gasteiger partial charge in [0.1, 0.15) is 5.82 Å². The van der Waals surface area contributed by atoms with E-state index in [0.717, 1.165) is 16.8 Å². The molecule has 1 aliphatic heterocycles. The Morgan fingerprint density at radius 3 is 2.75 bits per heavy atom. The number of carbonyl (C=O) groups excluding carboxylic acids is 2. The SMILES string of the molecule is O=C(Nc1n[nH]c2c1CN(C(=O)Cc1ccccc1)CC2)c1cccc(F)c1. The molecule has 3 aromatic rings. The lowest BCUT2D eigenvalue weighted by molar-refractivity contribution is -0.131. The fourth-order valence-electron chi connectivity index (χ4n) is 3.30. The van der Waals surface area contributed by atoms with Gasteiger partial charge >= 0.3 is 0 Å². The Morgan fingerprint density at radius 1 is 1.14 bits per heavy atom. The summed E-state index contributed by atoms with van der Waals surface area (Å²) in [7, 11) is 0. The maximum atomic E-state index is 13.4. The van der Waals surface area contributed by atoms with Crippen LogP contribution in [-0.4, -0.2) is 33.5 Å². The number of halogens is 1. The molecular weight excluding hydrogens is 359 g/mol. The van der Waals surface area contributed by atoms with Crippen LogP contribution in [0, 0.1) is 5.82 Å². The largest absolute Gasteiger partial charge is 0.337 e. The summed E-state index contributed by atoms with van der Waals surface area (Å²) in [5.74, 6) is -0.516. The average Bonchev–Trinajstić information content (AvgIpc) is 3.11. The first-order valence-corrected chi connectivity index (χ1v) is 9.05. The number of aromatic amines is 1. The molecule has 142 valence electrons. The van der Waals surface area contributed by atoms with E-state index in [0.29, 0.717) is 31.7 Å². The van der Waals surface area contributed by atoms with Gasteiger partial charge in [-0.05, 0) is 23.8 Å². The zero-order valence-electron chi connectivity index (χ0n) is 15.1. The van der Waals surface area contributed by atoms with Crippen LogP contribution in [0.3, 0.4) is 0 Å². The summed E-state index contributed by atoms with van der Waals surface area (Å²) >= 11 is 0. The number of hydrogen-bond acceptors (Lipinski definition) is 3. The standard InChI is InChI=1S/C21H19FN4O2/c22-16-8-4-7-15(12-16)21(28)23-20-17-13-26(10-9-18(17)24-25-20)19(27)11-14-5-2-1-3-6-14/h1-8,12H,9-11,13H2,(H2,23,24,25,28). The number of rotatable bonds is 4. The van der Waals surface area contributed by atoms with E-state index < -0.39 is 11.7 Å². The zero-order chi connectivity index (χ0) is 19.5. The molecule has 1 aromatic heterocycles. The highest BCUT2D eigenvalue weighted by Crippen LogP contribution is 2.25. The van der Waals surface area contributed by atoms with Crippen LogP contribution in [0.5, 0.6) is 0 Å². The van der Waals surface area contributed by atoms with Crippen molar-refractivity contribution in [3.8, 4) is 0 Å². The van der Waals surface area contributed by atoms with Crippen LogP contribution in [0.2, 0.25) is 0 Å². The lowest BCUT2D eigenvalue weighted by Crippen LogP contribution is -2.37. The van der Waals surface area contributed by atoms with E-state index in [-0.39, 0.29) is 11.5 Å². The van der Waals surface area contributed by atoms with Crippen molar-refractivity contribution < 1.29 is 14.0 Å². The highest BCUT2D eigenvalue weighted by atomic mass is 19.1. The van der Waals surface area contributed by atoms with Gasteiger partial charge in [-0.25, -0.2) is 4.39 Å². The monoisotopic (exact) mass is 378 g/mol. The maximum Gasteiger partial charge on any atom is 0.256 e. The van der Waals surface area contributed by atoms with Crippen LogP contribution in [0.1, 0.15) is 27.2 Å². The second-order valence-electron chi connectivity index (χ2n) is 6.72. The molecule has 0 atom stereocenters. The van der Waals surface area contributed by atoms with E-state index >= 15 is 0 Å². The molecule has 0 fully saturated rings. The number of fused-ring (bicyclic) bond motifs is 1. The van der Waals surface area contributed by atoms with Gasteiger partial charge in [0.25, 0.3) is 5.91 Å². The Hall–Kier alpha value is -3.48. The third kappa shape index (κ3) is 3.78. The Bertz CT molecular complexity index is 1020. The van der Waals surface area contributed by atoms with Crippen molar-refractivity contribution in [1.29, 1.82) is 0 Å². The van der Waals surface area contributed by atoms with E-state index in [1.165, 1.54) is 24.3 Å². The summed E-state index contributed by atoms with van der Waals surface area (Å²) in [5.41, 5.74) is 2.87. The summed E-state index contributed by atoms with van der Waals surface area (Å²) in [6, 6.07) is 15.1. The van der Waals surface area contributed by atoms with Gasteiger partial charge < -0.3 is 10.2 Å². The molecule has 0 saturated carbocycles. The third-order valence-corrected chi connectivity index (χ3v) is 4.80. The van der Waals surface area contributed by atoms with Crippen molar-refractivity contribution in [3.63, 3.8) is 0 Å². The van der Waals surface area contributed by atoms with Gasteiger partial charge in [-0.1, -0.05) is 36.4 Å². The minimum atomic E-state index is -0.477. The molecule has 0 saturated heterocycles. The topological polar surface area (TPSA) is 78.1 Å². The quantitative estimate of drug-likeness (QED) is 0.733. The number of H-pyrrole nitrogens is 1. The molecule has 28 heavy (non-hydrogen) atoms. The number of amides is 2. The molecule has 2 aromatic carbocycles. The molecule has 2 N–H and O–H groups in total. The fraction of sp³-hybridized carbons (Fsp3) is 0.190. The number of carbonyl (C=O) groups is 2. The Balaban J connectivity index is 1.47. The van der Waals surface area contributed by atoms with E-state index in [1.807, 2.05) is 30.3 Å². The summed E-state index contributed by atoms with van der Waals surface area (Å²) in [4.78, 5) is 26.8. The maximum absolute atomic E-state index is 13.4. The van der Waals surface area contributed by atoms with Crippen LogP contribution >= 0.6 is 0 Å². The highest BCUT2D eigenvalue weighted by Gasteiger charge is 2.26. The van der Waals surface area contributed by atoms with Crippen molar-refractivity contribution >= 4 is 17.6 Å². The van der Waals surface area contributed by atoms with Crippen molar-refractivity contribution in [2.75, 3.05) is 11.9 Å². The normalized spacial score (nSPS) is 13.1. The second kappa shape index (κ2) is 7.64. The van der Waals surface area contributed by atoms with E-state index in [2.05, 4.69) is 15.5 Å². The Kier molecular flexibility index (Phi) is 4.89. The Morgan fingerprint density at radius 2 is 1.96 bits per heavy atom. The molecule has 0 unspecified atom stereocenters. The number of hydrogen-bond donors (Lipinski definition) is 2. The Labute approximate surface area is 161 Å². The molecule has 1 aliphatic rings. The van der Waals surface area contributed by atoms with Crippen LogP contribution in [0.25, 0.3) is 0 Å². The first-order valence-electron chi connectivity index (χ1n) is 9.05. The molecule has 6 nitrogen and oxygen atoms in total. The molecule has 0 bridgehead atoms. The lowest BCUT2D eigenvalue weighted by Gasteiger charge is -2.27. The van der Waals surface area contributed by atoms with Gasteiger partial charge in [0.15, 0.2) is 5.82 Å². The minimum absolute atomic E-state index is 0.0282. The molecule has 0 radical (unpaired) electrons. The van der Waals surface area contributed by atoms with Gasteiger partial charge in [0.05, 0.1) is 13.0 Å². The van der Waals surface area contributed by atoms with Gasteiger partial charge in [-0.15, -0.1) is 0 Å². The number of nitrogens with zero attached hydrogens (tertiary/aromatic N) is 2. The summed E-state index contributed by atoms with van der Waals surface area (Å²) < 4.78 is 13.4. The van der Waals surface area contributed by atoms with Crippen LogP contribution in [-0.2, 0) is 24.2 Å². The fourth-order valence-corrected chi connectivity index (χ4v) is 3.30. The molecular formula is C21H19FN4O2. The average molecular weight is 378 g/mol. The van der Waals surface area contributed by atoms with E-state index in [1.54, 1.807) is 4.90 Å². The van der Waals surface area contributed by atoms with Gasteiger partial charge in [-0.3, -0.25) is 14.7 Å². The molecule has 2 heterocycles. The van der Waals surface area contributed by atoms with E-state index in [4.69, 9.17) is 0 Å². The summed E-state index contributed by atoms with van der Waals surface area (Å²) in [6.45, 7) is 0.967. The van der Waals surface area contributed by atoms with Crippen LogP contribution in [0.15, 0.2) is 54.6 Å². The van der Waals surface area contributed by atoms with Crippen LogP contribution < -0.4 is 5.32 Å². The predicted octanol–water partition coefficient (Wildman–Crippen LogP) is 2.93. The van der Waals surface area contributed by atoms with Gasteiger partial charge in [0, 0.05) is 29.8 Å². The zero-order valence-corrected chi connectivity index (χ0v) is 15.1.